The summed E-state index contributed by atoms with van der Waals surface area (Å²) in [7, 11) is 0. The van der Waals surface area contributed by atoms with Crippen molar-refractivity contribution in [3.63, 3.8) is 0 Å². The highest BCUT2D eigenvalue weighted by Crippen LogP contribution is 2.32. The van der Waals surface area contributed by atoms with E-state index in [4.69, 9.17) is 0 Å². The zero-order valence-electron chi connectivity index (χ0n) is 11.7. The fourth-order valence-corrected chi connectivity index (χ4v) is 2.42. The molecule has 1 N–H and O–H groups in total. The van der Waals surface area contributed by atoms with Crippen molar-refractivity contribution in [1.82, 2.24) is 4.98 Å². The summed E-state index contributed by atoms with van der Waals surface area (Å²) in [6, 6.07) is 19.3. The molecule has 0 aliphatic carbocycles. The van der Waals surface area contributed by atoms with Gasteiger partial charge in [-0.25, -0.2) is 0 Å². The number of rotatable bonds is 1. The Hall–Kier alpha value is -2.02. The maximum absolute atomic E-state index is 3.60. The fraction of sp³-hybridized carbons (Fsp3) is 0.222. The summed E-state index contributed by atoms with van der Waals surface area (Å²) >= 11 is 0. The van der Waals surface area contributed by atoms with E-state index < -0.39 is 0 Å². The van der Waals surface area contributed by atoms with Crippen LogP contribution in [-0.2, 0) is 5.41 Å². The monoisotopic (exact) mass is 249 g/mol. The minimum atomic E-state index is 0.146. The van der Waals surface area contributed by atoms with Gasteiger partial charge in [-0.1, -0.05) is 69.3 Å². The molecular weight excluding hydrogens is 230 g/mol. The Bertz CT molecular complexity index is 699. The van der Waals surface area contributed by atoms with Crippen LogP contribution in [0.25, 0.3) is 22.0 Å². The highest BCUT2D eigenvalue weighted by molar-refractivity contribution is 5.94. The second kappa shape index (κ2) is 4.27. The maximum Gasteiger partial charge on any atom is 0.0535 e. The molecule has 0 radical (unpaired) electrons. The lowest BCUT2D eigenvalue weighted by molar-refractivity contribution is 0.574. The first kappa shape index (κ1) is 12.0. The molecule has 0 aliphatic rings. The van der Waals surface area contributed by atoms with Gasteiger partial charge in [0.1, 0.15) is 0 Å². The van der Waals surface area contributed by atoms with Crippen LogP contribution in [0.3, 0.4) is 0 Å². The maximum atomic E-state index is 3.60. The summed E-state index contributed by atoms with van der Waals surface area (Å²) in [6.45, 7) is 6.71. The van der Waals surface area contributed by atoms with Crippen LogP contribution >= 0.6 is 0 Å². The molecule has 1 heterocycles. The standard InChI is InChI=1S/C18H19N/c1-18(2,3)16-12-14-10-7-11-15(17(14)19-16)13-8-5-4-6-9-13/h4-12,19H,1-3H3. The molecule has 0 spiro atoms. The van der Waals surface area contributed by atoms with Gasteiger partial charge in [0.2, 0.25) is 0 Å². The van der Waals surface area contributed by atoms with E-state index in [0.29, 0.717) is 0 Å². The van der Waals surface area contributed by atoms with Gasteiger partial charge in [0.05, 0.1) is 5.52 Å². The number of para-hydroxylation sites is 1. The van der Waals surface area contributed by atoms with Gasteiger partial charge in [-0.15, -0.1) is 0 Å². The first-order valence-corrected chi connectivity index (χ1v) is 6.73. The minimum Gasteiger partial charge on any atom is -0.357 e. The van der Waals surface area contributed by atoms with Crippen LogP contribution in [0.2, 0.25) is 0 Å². The number of nitrogens with one attached hydrogen (secondary N) is 1. The van der Waals surface area contributed by atoms with Gasteiger partial charge >= 0.3 is 0 Å². The van der Waals surface area contributed by atoms with Crippen LogP contribution in [0.4, 0.5) is 0 Å². The Balaban J connectivity index is 2.24. The molecule has 19 heavy (non-hydrogen) atoms. The van der Waals surface area contributed by atoms with Crippen molar-refractivity contribution in [2.45, 2.75) is 26.2 Å². The molecule has 1 heteroatoms. The summed E-state index contributed by atoms with van der Waals surface area (Å²) in [6.07, 6.45) is 0. The van der Waals surface area contributed by atoms with Crippen LogP contribution < -0.4 is 0 Å². The Labute approximate surface area is 114 Å². The predicted molar refractivity (Wildman–Crippen MR) is 82.4 cm³/mol. The molecule has 1 aromatic heterocycles. The zero-order valence-corrected chi connectivity index (χ0v) is 11.7. The molecule has 0 atom stereocenters. The summed E-state index contributed by atoms with van der Waals surface area (Å²) in [5.41, 5.74) is 5.20. The Morgan fingerprint density at radius 1 is 0.842 bits per heavy atom. The van der Waals surface area contributed by atoms with Crippen molar-refractivity contribution >= 4 is 10.9 Å². The lowest BCUT2D eigenvalue weighted by atomic mass is 9.92. The molecular formula is C18H19N. The van der Waals surface area contributed by atoms with E-state index in [2.05, 4.69) is 80.4 Å². The number of H-pyrrole nitrogens is 1. The lowest BCUT2D eigenvalue weighted by Crippen LogP contribution is -2.11. The minimum absolute atomic E-state index is 0.146. The average molecular weight is 249 g/mol. The molecule has 96 valence electrons. The van der Waals surface area contributed by atoms with Crippen LogP contribution in [0.5, 0.6) is 0 Å². The van der Waals surface area contributed by atoms with Crippen molar-refractivity contribution in [2.75, 3.05) is 0 Å². The number of hydrogen-bond acceptors (Lipinski definition) is 0. The summed E-state index contributed by atoms with van der Waals surface area (Å²) in [5, 5.41) is 1.28. The van der Waals surface area contributed by atoms with E-state index in [1.807, 2.05) is 0 Å². The highest BCUT2D eigenvalue weighted by atomic mass is 14.7. The number of benzene rings is 2. The summed E-state index contributed by atoms with van der Waals surface area (Å²) in [5.74, 6) is 0. The first-order valence-electron chi connectivity index (χ1n) is 6.73. The molecule has 2 aromatic carbocycles. The van der Waals surface area contributed by atoms with E-state index in [1.165, 1.54) is 27.7 Å². The first-order chi connectivity index (χ1) is 9.05. The van der Waals surface area contributed by atoms with Crippen molar-refractivity contribution in [2.24, 2.45) is 0 Å². The zero-order chi connectivity index (χ0) is 13.5. The van der Waals surface area contributed by atoms with Crippen LogP contribution in [0, 0.1) is 0 Å². The quantitative estimate of drug-likeness (QED) is 0.615. The van der Waals surface area contributed by atoms with Gasteiger partial charge in [-0.3, -0.25) is 0 Å². The van der Waals surface area contributed by atoms with Crippen molar-refractivity contribution < 1.29 is 0 Å². The molecule has 0 bridgehead atoms. The van der Waals surface area contributed by atoms with E-state index >= 15 is 0 Å². The van der Waals surface area contributed by atoms with E-state index in [1.54, 1.807) is 0 Å². The fourth-order valence-electron chi connectivity index (χ4n) is 2.42. The molecule has 0 unspecified atom stereocenters. The van der Waals surface area contributed by atoms with E-state index in [-0.39, 0.29) is 5.41 Å². The highest BCUT2D eigenvalue weighted by Gasteiger charge is 2.17. The van der Waals surface area contributed by atoms with Crippen molar-refractivity contribution in [3.05, 3.63) is 60.3 Å². The molecule has 1 nitrogen and oxygen atoms in total. The van der Waals surface area contributed by atoms with E-state index in [9.17, 15) is 0 Å². The van der Waals surface area contributed by atoms with Gasteiger partial charge < -0.3 is 4.98 Å². The third-order valence-electron chi connectivity index (χ3n) is 3.55. The number of hydrogen-bond donors (Lipinski definition) is 1. The molecule has 0 saturated carbocycles. The van der Waals surface area contributed by atoms with Gasteiger partial charge in [-0.2, -0.15) is 0 Å². The molecule has 0 aliphatic heterocycles. The van der Waals surface area contributed by atoms with Crippen molar-refractivity contribution in [1.29, 1.82) is 0 Å². The lowest BCUT2D eigenvalue weighted by Gasteiger charge is -2.15. The number of aromatic nitrogens is 1. The van der Waals surface area contributed by atoms with Crippen molar-refractivity contribution in [3.8, 4) is 11.1 Å². The summed E-state index contributed by atoms with van der Waals surface area (Å²) in [4.78, 5) is 3.60. The largest absolute Gasteiger partial charge is 0.357 e. The predicted octanol–water partition coefficient (Wildman–Crippen LogP) is 5.13. The third-order valence-corrected chi connectivity index (χ3v) is 3.55. The Morgan fingerprint density at radius 3 is 2.26 bits per heavy atom. The Kier molecular flexibility index (Phi) is 2.70. The van der Waals surface area contributed by atoms with Gasteiger partial charge in [-0.05, 0) is 11.6 Å². The molecule has 0 amide bonds. The second-order valence-electron chi connectivity index (χ2n) is 6.07. The SMILES string of the molecule is CC(C)(C)c1cc2cccc(-c3ccccc3)c2[nH]1. The number of fused-ring (bicyclic) bond motifs is 1. The number of aromatic amines is 1. The Morgan fingerprint density at radius 2 is 1.58 bits per heavy atom. The van der Waals surface area contributed by atoms with Crippen LogP contribution in [0.1, 0.15) is 26.5 Å². The van der Waals surface area contributed by atoms with Crippen LogP contribution in [0.15, 0.2) is 54.6 Å². The summed E-state index contributed by atoms with van der Waals surface area (Å²) < 4.78 is 0. The molecule has 0 fully saturated rings. The van der Waals surface area contributed by atoms with Gasteiger partial charge in [0.25, 0.3) is 0 Å². The molecule has 3 aromatic rings. The topological polar surface area (TPSA) is 15.8 Å². The van der Waals surface area contributed by atoms with Crippen LogP contribution in [-0.4, -0.2) is 4.98 Å². The average Bonchev–Trinajstić information content (AvgIpc) is 2.83. The van der Waals surface area contributed by atoms with E-state index in [0.717, 1.165) is 0 Å². The smallest absolute Gasteiger partial charge is 0.0535 e. The second-order valence-corrected chi connectivity index (χ2v) is 6.07. The molecule has 3 rings (SSSR count). The third kappa shape index (κ3) is 2.17. The normalized spacial score (nSPS) is 11.9. The van der Waals surface area contributed by atoms with Gasteiger partial charge in [0, 0.05) is 22.1 Å². The van der Waals surface area contributed by atoms with Gasteiger partial charge in [0.15, 0.2) is 0 Å². The molecule has 0 saturated heterocycles.